The number of nitrogens with zero attached hydrogens (tertiary/aromatic N) is 2. The van der Waals surface area contributed by atoms with Gasteiger partial charge in [-0.1, -0.05) is 43.2 Å². The molecular weight excluding hydrogens is 404 g/mol. The third kappa shape index (κ3) is 4.75. The molecule has 2 heterocycles. The first-order valence-corrected chi connectivity index (χ1v) is 12.0. The molecule has 2 aliphatic rings. The average molecular weight is 431 g/mol. The molecule has 2 aromatic rings. The molecule has 6 nitrogen and oxygen atoms in total. The molecule has 1 fully saturated rings. The van der Waals surface area contributed by atoms with Gasteiger partial charge in [0.15, 0.2) is 5.13 Å². The highest BCUT2D eigenvalue weighted by atomic mass is 32.2. The summed E-state index contributed by atoms with van der Waals surface area (Å²) in [7, 11) is 0. The number of rotatable bonds is 5. The Balaban J connectivity index is 1.41. The first kappa shape index (κ1) is 20.2. The van der Waals surface area contributed by atoms with E-state index in [9.17, 15) is 9.59 Å². The van der Waals surface area contributed by atoms with Gasteiger partial charge in [-0.2, -0.15) is 0 Å². The number of amides is 3. The molecule has 29 heavy (non-hydrogen) atoms. The smallest absolute Gasteiger partial charge is 0.321 e. The van der Waals surface area contributed by atoms with Gasteiger partial charge in [-0.3, -0.25) is 10.1 Å². The van der Waals surface area contributed by atoms with Crippen LogP contribution in [0.3, 0.4) is 0 Å². The van der Waals surface area contributed by atoms with Gasteiger partial charge in [0.2, 0.25) is 0 Å². The second-order valence-electron chi connectivity index (χ2n) is 7.37. The maximum absolute atomic E-state index is 13.1. The Bertz CT molecular complexity index is 893. The summed E-state index contributed by atoms with van der Waals surface area (Å²) in [5, 5.41) is 6.52. The minimum Gasteiger partial charge on any atom is -0.335 e. The number of thiazole rings is 1. The number of urea groups is 1. The van der Waals surface area contributed by atoms with Crippen LogP contribution in [0.1, 0.15) is 53.5 Å². The van der Waals surface area contributed by atoms with Crippen molar-refractivity contribution in [2.75, 3.05) is 17.6 Å². The van der Waals surface area contributed by atoms with Gasteiger partial charge >= 0.3 is 6.03 Å². The number of aromatic nitrogens is 1. The predicted molar refractivity (Wildman–Crippen MR) is 118 cm³/mol. The van der Waals surface area contributed by atoms with Crippen LogP contribution in [0.15, 0.2) is 29.2 Å². The van der Waals surface area contributed by atoms with Crippen LogP contribution in [0.5, 0.6) is 0 Å². The van der Waals surface area contributed by atoms with Crippen LogP contribution in [0.25, 0.3) is 0 Å². The second-order valence-corrected chi connectivity index (χ2v) is 9.76. The largest absolute Gasteiger partial charge is 0.335 e. The lowest BCUT2D eigenvalue weighted by Crippen LogP contribution is -2.36. The van der Waals surface area contributed by atoms with Gasteiger partial charge < -0.3 is 10.2 Å². The summed E-state index contributed by atoms with van der Waals surface area (Å²) in [5.74, 6) is 0.996. The van der Waals surface area contributed by atoms with E-state index < -0.39 is 0 Å². The zero-order valence-corrected chi connectivity index (χ0v) is 18.2. The number of hydrogen-bond acceptors (Lipinski definition) is 5. The Morgan fingerprint density at radius 1 is 1.28 bits per heavy atom. The highest BCUT2D eigenvalue weighted by Gasteiger charge is 2.27. The monoisotopic (exact) mass is 430 g/mol. The SMILES string of the molecule is CCSc1ccccc1C(=O)N1CCc2nc(NC(=O)NC3CCCC3)sc2C1. The van der Waals surface area contributed by atoms with Gasteiger partial charge in [0.25, 0.3) is 5.91 Å². The van der Waals surface area contributed by atoms with Gasteiger partial charge in [0.1, 0.15) is 0 Å². The van der Waals surface area contributed by atoms with E-state index in [1.807, 2.05) is 29.2 Å². The van der Waals surface area contributed by atoms with Crippen molar-refractivity contribution in [3.05, 3.63) is 40.4 Å². The zero-order valence-electron chi connectivity index (χ0n) is 16.6. The number of carbonyl (C=O) groups excluding carboxylic acids is 2. The van der Waals surface area contributed by atoms with Crippen LogP contribution in [0.4, 0.5) is 9.93 Å². The van der Waals surface area contributed by atoms with Crippen LogP contribution in [-0.2, 0) is 13.0 Å². The van der Waals surface area contributed by atoms with Crippen molar-refractivity contribution in [1.82, 2.24) is 15.2 Å². The molecule has 0 spiro atoms. The molecular formula is C21H26N4O2S2. The van der Waals surface area contributed by atoms with Crippen LogP contribution < -0.4 is 10.6 Å². The van der Waals surface area contributed by atoms with E-state index >= 15 is 0 Å². The van der Waals surface area contributed by atoms with E-state index in [0.29, 0.717) is 24.6 Å². The van der Waals surface area contributed by atoms with Crippen molar-refractivity contribution in [3.63, 3.8) is 0 Å². The van der Waals surface area contributed by atoms with Crippen molar-refractivity contribution in [3.8, 4) is 0 Å². The van der Waals surface area contributed by atoms with Gasteiger partial charge in [-0.25, -0.2) is 9.78 Å². The van der Waals surface area contributed by atoms with Gasteiger partial charge in [-0.15, -0.1) is 11.8 Å². The fraction of sp³-hybridized carbons (Fsp3) is 0.476. The number of benzene rings is 1. The summed E-state index contributed by atoms with van der Waals surface area (Å²) in [6, 6.07) is 7.90. The molecule has 0 radical (unpaired) electrons. The molecule has 0 saturated heterocycles. The predicted octanol–water partition coefficient (Wildman–Crippen LogP) is 4.52. The molecule has 1 aliphatic heterocycles. The highest BCUT2D eigenvalue weighted by molar-refractivity contribution is 7.99. The molecule has 1 saturated carbocycles. The summed E-state index contributed by atoms with van der Waals surface area (Å²) in [6.07, 6.45) is 5.18. The van der Waals surface area contributed by atoms with E-state index in [1.165, 1.54) is 24.2 Å². The van der Waals surface area contributed by atoms with E-state index in [-0.39, 0.29) is 18.0 Å². The fourth-order valence-electron chi connectivity index (χ4n) is 3.91. The third-order valence-electron chi connectivity index (χ3n) is 5.35. The maximum Gasteiger partial charge on any atom is 0.321 e. The summed E-state index contributed by atoms with van der Waals surface area (Å²) < 4.78 is 0. The van der Waals surface area contributed by atoms with Crippen LogP contribution in [0.2, 0.25) is 0 Å². The second kappa shape index (κ2) is 9.17. The molecule has 0 unspecified atom stereocenters. The summed E-state index contributed by atoms with van der Waals surface area (Å²) >= 11 is 3.16. The normalized spacial score (nSPS) is 16.5. The number of anilines is 1. The first-order valence-electron chi connectivity index (χ1n) is 10.2. The quantitative estimate of drug-likeness (QED) is 0.684. The number of nitrogens with one attached hydrogen (secondary N) is 2. The van der Waals surface area contributed by atoms with Gasteiger partial charge in [0.05, 0.1) is 17.8 Å². The lowest BCUT2D eigenvalue weighted by Gasteiger charge is -2.26. The van der Waals surface area contributed by atoms with E-state index in [0.717, 1.165) is 39.6 Å². The Morgan fingerprint density at radius 3 is 2.86 bits per heavy atom. The minimum atomic E-state index is -0.179. The molecule has 8 heteroatoms. The molecule has 3 amide bonds. The summed E-state index contributed by atoms with van der Waals surface area (Å²) in [5.41, 5.74) is 1.76. The maximum atomic E-state index is 13.1. The number of hydrogen-bond donors (Lipinski definition) is 2. The lowest BCUT2D eigenvalue weighted by atomic mass is 10.1. The van der Waals surface area contributed by atoms with Gasteiger partial charge in [0, 0.05) is 28.8 Å². The molecule has 1 aliphatic carbocycles. The molecule has 2 N–H and O–H groups in total. The van der Waals surface area contributed by atoms with Crippen molar-refractivity contribution >= 4 is 40.2 Å². The first-order chi connectivity index (χ1) is 14.1. The molecule has 1 aromatic carbocycles. The molecule has 0 bridgehead atoms. The Kier molecular flexibility index (Phi) is 6.40. The summed E-state index contributed by atoms with van der Waals surface area (Å²) in [4.78, 5) is 33.9. The van der Waals surface area contributed by atoms with Crippen molar-refractivity contribution < 1.29 is 9.59 Å². The van der Waals surface area contributed by atoms with Crippen molar-refractivity contribution in [2.45, 2.75) is 56.5 Å². The van der Waals surface area contributed by atoms with Crippen LogP contribution >= 0.6 is 23.1 Å². The molecule has 1 aromatic heterocycles. The van der Waals surface area contributed by atoms with Gasteiger partial charge in [-0.05, 0) is 30.7 Å². The number of carbonyl (C=O) groups is 2. The fourth-order valence-corrected chi connectivity index (χ4v) is 5.72. The van der Waals surface area contributed by atoms with Crippen LogP contribution in [-0.4, -0.2) is 40.2 Å². The highest BCUT2D eigenvalue weighted by Crippen LogP contribution is 2.30. The van der Waals surface area contributed by atoms with E-state index in [2.05, 4.69) is 22.5 Å². The Labute approximate surface area is 179 Å². The molecule has 4 rings (SSSR count). The van der Waals surface area contributed by atoms with Crippen molar-refractivity contribution in [1.29, 1.82) is 0 Å². The minimum absolute atomic E-state index is 0.0640. The van der Waals surface area contributed by atoms with Crippen LogP contribution in [0, 0.1) is 0 Å². The Hall–Kier alpha value is -2.06. The number of thioether (sulfide) groups is 1. The topological polar surface area (TPSA) is 74.3 Å². The standard InChI is InChI=1S/C21H26N4O2S2/c1-2-28-17-10-6-5-9-15(17)19(26)25-12-11-16-18(13-25)29-21(23-16)24-20(27)22-14-7-3-4-8-14/h5-6,9-10,14H,2-4,7-8,11-13H2,1H3,(H2,22,23,24,27). The average Bonchev–Trinajstić information content (AvgIpc) is 3.36. The van der Waals surface area contributed by atoms with E-state index in [1.54, 1.807) is 11.8 Å². The zero-order chi connectivity index (χ0) is 20.2. The lowest BCUT2D eigenvalue weighted by molar-refractivity contribution is 0.0732. The van der Waals surface area contributed by atoms with E-state index in [4.69, 9.17) is 0 Å². The number of fused-ring (bicyclic) bond motifs is 1. The molecule has 0 atom stereocenters. The molecule has 154 valence electrons. The third-order valence-corrected chi connectivity index (χ3v) is 7.30. The van der Waals surface area contributed by atoms with Crippen molar-refractivity contribution in [2.24, 2.45) is 0 Å². The summed E-state index contributed by atoms with van der Waals surface area (Å²) in [6.45, 7) is 3.28. The Morgan fingerprint density at radius 2 is 2.07 bits per heavy atom.